The number of hydrogen-bond donors (Lipinski definition) is 1. The SMILES string of the molecule is NC(Cc1ccncc1)Cc1ccnc2ccccc12. The summed E-state index contributed by atoms with van der Waals surface area (Å²) in [7, 11) is 0. The van der Waals surface area contributed by atoms with Crippen LogP contribution in [-0.4, -0.2) is 16.0 Å². The lowest BCUT2D eigenvalue weighted by molar-refractivity contribution is 0.666. The van der Waals surface area contributed by atoms with E-state index in [0.29, 0.717) is 0 Å². The summed E-state index contributed by atoms with van der Waals surface area (Å²) in [4.78, 5) is 8.41. The van der Waals surface area contributed by atoms with E-state index >= 15 is 0 Å². The van der Waals surface area contributed by atoms with Crippen molar-refractivity contribution in [2.45, 2.75) is 18.9 Å². The molecule has 0 aliphatic rings. The molecule has 100 valence electrons. The Labute approximate surface area is 118 Å². The molecule has 1 unspecified atom stereocenters. The van der Waals surface area contributed by atoms with Crippen molar-refractivity contribution >= 4 is 10.9 Å². The molecule has 0 saturated heterocycles. The van der Waals surface area contributed by atoms with E-state index < -0.39 is 0 Å². The minimum Gasteiger partial charge on any atom is -0.327 e. The number of hydrogen-bond acceptors (Lipinski definition) is 3. The fraction of sp³-hybridized carbons (Fsp3) is 0.176. The second-order valence-corrected chi connectivity index (χ2v) is 5.01. The molecule has 0 aliphatic heterocycles. The summed E-state index contributed by atoms with van der Waals surface area (Å²) in [5.74, 6) is 0. The highest BCUT2D eigenvalue weighted by Gasteiger charge is 2.08. The Hall–Kier alpha value is -2.26. The summed E-state index contributed by atoms with van der Waals surface area (Å²) < 4.78 is 0. The average molecular weight is 263 g/mol. The molecule has 0 fully saturated rings. The average Bonchev–Trinajstić information content (AvgIpc) is 2.48. The molecule has 0 amide bonds. The quantitative estimate of drug-likeness (QED) is 0.787. The lowest BCUT2D eigenvalue weighted by Gasteiger charge is -2.13. The maximum Gasteiger partial charge on any atom is 0.0704 e. The van der Waals surface area contributed by atoms with Crippen LogP contribution >= 0.6 is 0 Å². The second-order valence-electron chi connectivity index (χ2n) is 5.01. The molecular formula is C17H17N3. The third-order valence-corrected chi connectivity index (χ3v) is 3.47. The number of para-hydroxylation sites is 1. The van der Waals surface area contributed by atoms with Gasteiger partial charge < -0.3 is 5.73 Å². The second kappa shape index (κ2) is 5.80. The van der Waals surface area contributed by atoms with Crippen molar-refractivity contribution in [3.05, 3.63) is 72.2 Å². The van der Waals surface area contributed by atoms with Crippen LogP contribution in [0.1, 0.15) is 11.1 Å². The van der Waals surface area contributed by atoms with E-state index in [-0.39, 0.29) is 6.04 Å². The first kappa shape index (κ1) is 12.8. The lowest BCUT2D eigenvalue weighted by Crippen LogP contribution is -2.25. The molecule has 1 atom stereocenters. The molecule has 0 spiro atoms. The highest BCUT2D eigenvalue weighted by Crippen LogP contribution is 2.18. The smallest absolute Gasteiger partial charge is 0.0704 e. The lowest BCUT2D eigenvalue weighted by atomic mass is 9.98. The number of aromatic nitrogens is 2. The molecule has 2 N–H and O–H groups in total. The summed E-state index contributed by atoms with van der Waals surface area (Å²) in [6, 6.07) is 14.4. The largest absolute Gasteiger partial charge is 0.327 e. The van der Waals surface area contributed by atoms with Gasteiger partial charge in [0.15, 0.2) is 0 Å². The third kappa shape index (κ3) is 2.83. The first-order valence-electron chi connectivity index (χ1n) is 6.80. The Morgan fingerprint density at radius 3 is 2.55 bits per heavy atom. The van der Waals surface area contributed by atoms with Crippen LogP contribution in [0.2, 0.25) is 0 Å². The van der Waals surface area contributed by atoms with Crippen molar-refractivity contribution < 1.29 is 0 Å². The number of benzene rings is 1. The predicted octanol–water partition coefficient (Wildman–Crippen LogP) is 2.74. The normalized spacial score (nSPS) is 12.4. The molecule has 2 aromatic heterocycles. The first-order chi connectivity index (χ1) is 9.83. The van der Waals surface area contributed by atoms with E-state index in [9.17, 15) is 0 Å². The minimum absolute atomic E-state index is 0.100. The summed E-state index contributed by atoms with van der Waals surface area (Å²) in [5.41, 5.74) is 9.81. The standard InChI is InChI=1S/C17H17N3/c18-15(11-13-5-8-19-9-6-13)12-14-7-10-20-17-4-2-1-3-16(14)17/h1-10,15H,11-12,18H2. The van der Waals surface area contributed by atoms with E-state index in [4.69, 9.17) is 5.73 Å². The molecular weight excluding hydrogens is 246 g/mol. The Bertz CT molecular complexity index is 689. The molecule has 1 aromatic carbocycles. The number of pyridine rings is 2. The summed E-state index contributed by atoms with van der Waals surface area (Å²) in [5, 5.41) is 1.19. The molecule has 20 heavy (non-hydrogen) atoms. The summed E-state index contributed by atoms with van der Waals surface area (Å²) in [6.45, 7) is 0. The molecule has 3 aromatic rings. The van der Waals surface area contributed by atoms with E-state index in [1.165, 1.54) is 16.5 Å². The topological polar surface area (TPSA) is 51.8 Å². The Kier molecular flexibility index (Phi) is 3.70. The van der Waals surface area contributed by atoms with Crippen molar-refractivity contribution in [2.24, 2.45) is 5.73 Å². The molecule has 2 heterocycles. The summed E-state index contributed by atoms with van der Waals surface area (Å²) in [6.07, 6.45) is 7.19. The zero-order valence-electron chi connectivity index (χ0n) is 11.2. The van der Waals surface area contributed by atoms with Gasteiger partial charge in [0.1, 0.15) is 0 Å². The van der Waals surface area contributed by atoms with Gasteiger partial charge in [-0.25, -0.2) is 0 Å². The molecule has 3 nitrogen and oxygen atoms in total. The molecule has 3 rings (SSSR count). The zero-order valence-corrected chi connectivity index (χ0v) is 11.2. The van der Waals surface area contributed by atoms with Gasteiger partial charge in [-0.3, -0.25) is 9.97 Å². The van der Waals surface area contributed by atoms with E-state index in [1.54, 1.807) is 0 Å². The van der Waals surface area contributed by atoms with Gasteiger partial charge >= 0.3 is 0 Å². The Morgan fingerprint density at radius 1 is 0.900 bits per heavy atom. The maximum atomic E-state index is 6.29. The van der Waals surface area contributed by atoms with Crippen LogP contribution in [0.15, 0.2) is 61.1 Å². The van der Waals surface area contributed by atoms with Gasteiger partial charge in [0, 0.05) is 30.0 Å². The molecule has 0 saturated carbocycles. The maximum absolute atomic E-state index is 6.29. The van der Waals surface area contributed by atoms with Gasteiger partial charge in [0.25, 0.3) is 0 Å². The highest BCUT2D eigenvalue weighted by atomic mass is 14.7. The van der Waals surface area contributed by atoms with Crippen LogP contribution in [-0.2, 0) is 12.8 Å². The minimum atomic E-state index is 0.100. The van der Waals surface area contributed by atoms with Crippen LogP contribution in [0.25, 0.3) is 10.9 Å². The van der Waals surface area contributed by atoms with Crippen LogP contribution in [0.3, 0.4) is 0 Å². The fourth-order valence-corrected chi connectivity index (χ4v) is 2.51. The van der Waals surface area contributed by atoms with Crippen LogP contribution in [0.4, 0.5) is 0 Å². The van der Waals surface area contributed by atoms with Gasteiger partial charge in [0.2, 0.25) is 0 Å². The zero-order chi connectivity index (χ0) is 13.8. The predicted molar refractivity (Wildman–Crippen MR) is 81.4 cm³/mol. The van der Waals surface area contributed by atoms with Crippen LogP contribution in [0.5, 0.6) is 0 Å². The van der Waals surface area contributed by atoms with Gasteiger partial charge in [-0.2, -0.15) is 0 Å². The van der Waals surface area contributed by atoms with Gasteiger partial charge in [-0.05, 0) is 48.2 Å². The van der Waals surface area contributed by atoms with Crippen molar-refractivity contribution in [3.8, 4) is 0 Å². The van der Waals surface area contributed by atoms with Crippen molar-refractivity contribution in [2.75, 3.05) is 0 Å². The first-order valence-corrected chi connectivity index (χ1v) is 6.80. The monoisotopic (exact) mass is 263 g/mol. The van der Waals surface area contributed by atoms with Crippen molar-refractivity contribution in [1.29, 1.82) is 0 Å². The molecule has 0 radical (unpaired) electrons. The summed E-state index contributed by atoms with van der Waals surface area (Å²) >= 11 is 0. The van der Waals surface area contributed by atoms with E-state index in [2.05, 4.69) is 22.1 Å². The van der Waals surface area contributed by atoms with Gasteiger partial charge in [-0.1, -0.05) is 18.2 Å². The highest BCUT2D eigenvalue weighted by molar-refractivity contribution is 5.81. The van der Waals surface area contributed by atoms with Gasteiger partial charge in [-0.15, -0.1) is 0 Å². The fourth-order valence-electron chi connectivity index (χ4n) is 2.51. The molecule has 0 bridgehead atoms. The number of rotatable bonds is 4. The van der Waals surface area contributed by atoms with Crippen LogP contribution in [0, 0.1) is 0 Å². The molecule has 0 aliphatic carbocycles. The molecule has 3 heteroatoms. The number of nitrogens with zero attached hydrogens (tertiary/aromatic N) is 2. The Balaban J connectivity index is 1.79. The van der Waals surface area contributed by atoms with Crippen LogP contribution < -0.4 is 5.73 Å². The van der Waals surface area contributed by atoms with Crippen molar-refractivity contribution in [3.63, 3.8) is 0 Å². The number of fused-ring (bicyclic) bond motifs is 1. The Morgan fingerprint density at radius 2 is 1.70 bits per heavy atom. The third-order valence-electron chi connectivity index (χ3n) is 3.47. The van der Waals surface area contributed by atoms with Crippen molar-refractivity contribution in [1.82, 2.24) is 9.97 Å². The van der Waals surface area contributed by atoms with Gasteiger partial charge in [0.05, 0.1) is 5.52 Å². The number of nitrogens with two attached hydrogens (primary N) is 1. The van der Waals surface area contributed by atoms with E-state index in [0.717, 1.165) is 18.4 Å². The van der Waals surface area contributed by atoms with E-state index in [1.807, 2.05) is 48.9 Å².